The Morgan fingerprint density at radius 2 is 1.75 bits per heavy atom. The number of anilines is 2. The molecule has 0 fully saturated rings. The van der Waals surface area contributed by atoms with E-state index in [1.54, 1.807) is 18.2 Å². The van der Waals surface area contributed by atoms with Crippen LogP contribution >= 0.6 is 22.6 Å². The molecule has 0 aliphatic heterocycles. The highest BCUT2D eigenvalue weighted by atomic mass is 127. The standard InChI is InChI=1S/C18H20IN3O2/c1-12(2)21-18(24)13-4-3-5-16(10-13)20-11-17(23)22-15-8-6-14(19)7-9-15/h3-10,12,20H,11H2,1-2H3,(H,21,24)(H,22,23). The normalized spacial score (nSPS) is 10.3. The number of rotatable bonds is 6. The van der Waals surface area contributed by atoms with Crippen molar-refractivity contribution in [3.63, 3.8) is 0 Å². The third-order valence-electron chi connectivity index (χ3n) is 3.13. The Morgan fingerprint density at radius 1 is 1.04 bits per heavy atom. The van der Waals surface area contributed by atoms with Crippen LogP contribution < -0.4 is 16.0 Å². The molecule has 0 aromatic heterocycles. The summed E-state index contributed by atoms with van der Waals surface area (Å²) in [7, 11) is 0. The Bertz CT molecular complexity index is 714. The van der Waals surface area contributed by atoms with E-state index < -0.39 is 0 Å². The van der Waals surface area contributed by atoms with E-state index in [9.17, 15) is 9.59 Å². The maximum absolute atomic E-state index is 12.0. The van der Waals surface area contributed by atoms with Gasteiger partial charge in [-0.25, -0.2) is 0 Å². The van der Waals surface area contributed by atoms with Gasteiger partial charge in [-0.05, 0) is 78.9 Å². The highest BCUT2D eigenvalue weighted by molar-refractivity contribution is 14.1. The van der Waals surface area contributed by atoms with Gasteiger partial charge in [0.2, 0.25) is 5.91 Å². The number of carbonyl (C=O) groups is 2. The summed E-state index contributed by atoms with van der Waals surface area (Å²) in [5.74, 6) is -0.273. The van der Waals surface area contributed by atoms with Gasteiger partial charge >= 0.3 is 0 Å². The van der Waals surface area contributed by atoms with Crippen molar-refractivity contribution in [2.75, 3.05) is 17.2 Å². The molecule has 3 N–H and O–H groups in total. The van der Waals surface area contributed by atoms with Gasteiger partial charge in [-0.3, -0.25) is 9.59 Å². The first-order chi connectivity index (χ1) is 11.4. The quantitative estimate of drug-likeness (QED) is 0.607. The highest BCUT2D eigenvalue weighted by Gasteiger charge is 2.08. The van der Waals surface area contributed by atoms with Crippen molar-refractivity contribution < 1.29 is 9.59 Å². The van der Waals surface area contributed by atoms with Crippen LogP contribution in [0, 0.1) is 3.57 Å². The van der Waals surface area contributed by atoms with Crippen LogP contribution in [0.25, 0.3) is 0 Å². The molecule has 2 aromatic rings. The van der Waals surface area contributed by atoms with E-state index in [-0.39, 0.29) is 24.4 Å². The second-order valence-electron chi connectivity index (χ2n) is 5.62. The van der Waals surface area contributed by atoms with Crippen LogP contribution in [0.5, 0.6) is 0 Å². The molecule has 2 amide bonds. The molecule has 24 heavy (non-hydrogen) atoms. The number of amides is 2. The third-order valence-corrected chi connectivity index (χ3v) is 3.84. The molecule has 126 valence electrons. The van der Waals surface area contributed by atoms with Crippen LogP contribution in [0.15, 0.2) is 48.5 Å². The van der Waals surface area contributed by atoms with Crippen LogP contribution in [0.2, 0.25) is 0 Å². The van der Waals surface area contributed by atoms with E-state index in [1.165, 1.54) is 0 Å². The van der Waals surface area contributed by atoms with Gasteiger partial charge in [0, 0.05) is 26.6 Å². The molecule has 0 spiro atoms. The minimum absolute atomic E-state index is 0.0776. The van der Waals surface area contributed by atoms with E-state index in [4.69, 9.17) is 0 Å². The summed E-state index contributed by atoms with van der Waals surface area (Å²) in [6.45, 7) is 3.95. The van der Waals surface area contributed by atoms with Gasteiger partial charge in [0.25, 0.3) is 5.91 Å². The predicted molar refractivity (Wildman–Crippen MR) is 105 cm³/mol. The molecule has 0 aliphatic rings. The lowest BCUT2D eigenvalue weighted by Gasteiger charge is -2.11. The molecular formula is C18H20IN3O2. The van der Waals surface area contributed by atoms with Gasteiger partial charge in [-0.1, -0.05) is 6.07 Å². The summed E-state index contributed by atoms with van der Waals surface area (Å²) in [5.41, 5.74) is 2.04. The monoisotopic (exact) mass is 437 g/mol. The zero-order chi connectivity index (χ0) is 17.5. The van der Waals surface area contributed by atoms with Gasteiger partial charge in [-0.2, -0.15) is 0 Å². The zero-order valence-corrected chi connectivity index (χ0v) is 15.8. The van der Waals surface area contributed by atoms with E-state index in [1.807, 2.05) is 44.2 Å². The fraction of sp³-hybridized carbons (Fsp3) is 0.222. The zero-order valence-electron chi connectivity index (χ0n) is 13.6. The van der Waals surface area contributed by atoms with Crippen molar-refractivity contribution in [2.24, 2.45) is 0 Å². The Balaban J connectivity index is 1.90. The molecule has 0 saturated heterocycles. The SMILES string of the molecule is CC(C)NC(=O)c1cccc(NCC(=O)Nc2ccc(I)cc2)c1. The van der Waals surface area contributed by atoms with E-state index in [2.05, 4.69) is 38.5 Å². The Hall–Kier alpha value is -2.09. The molecule has 0 aliphatic carbocycles. The molecule has 0 atom stereocenters. The molecule has 0 radical (unpaired) electrons. The third kappa shape index (κ3) is 5.84. The van der Waals surface area contributed by atoms with Gasteiger partial charge in [0.15, 0.2) is 0 Å². The first kappa shape index (κ1) is 18.3. The molecule has 5 nitrogen and oxygen atoms in total. The average molecular weight is 437 g/mol. The van der Waals surface area contributed by atoms with Gasteiger partial charge in [0.1, 0.15) is 0 Å². The van der Waals surface area contributed by atoms with Crippen molar-refractivity contribution in [1.29, 1.82) is 0 Å². The largest absolute Gasteiger partial charge is 0.376 e. The topological polar surface area (TPSA) is 70.2 Å². The summed E-state index contributed by atoms with van der Waals surface area (Å²) in [6, 6.07) is 14.7. The molecule has 0 bridgehead atoms. The van der Waals surface area contributed by atoms with Gasteiger partial charge in [0.05, 0.1) is 6.54 Å². The first-order valence-corrected chi connectivity index (χ1v) is 8.72. The fourth-order valence-corrected chi connectivity index (χ4v) is 2.40. The summed E-state index contributed by atoms with van der Waals surface area (Å²) in [6.07, 6.45) is 0. The predicted octanol–water partition coefficient (Wildman–Crippen LogP) is 3.48. The van der Waals surface area contributed by atoms with Crippen LogP contribution in [-0.2, 0) is 4.79 Å². The lowest BCUT2D eigenvalue weighted by atomic mass is 10.1. The number of halogens is 1. The molecule has 0 heterocycles. The molecule has 2 aromatic carbocycles. The minimum Gasteiger partial charge on any atom is -0.376 e. The lowest BCUT2D eigenvalue weighted by molar-refractivity contribution is -0.114. The van der Waals surface area contributed by atoms with Crippen LogP contribution in [-0.4, -0.2) is 24.4 Å². The summed E-state index contributed by atoms with van der Waals surface area (Å²) in [4.78, 5) is 24.0. The molecule has 0 unspecified atom stereocenters. The number of nitrogens with one attached hydrogen (secondary N) is 3. The number of hydrogen-bond acceptors (Lipinski definition) is 3. The average Bonchev–Trinajstić information content (AvgIpc) is 2.55. The Kier molecular flexibility index (Phi) is 6.60. The van der Waals surface area contributed by atoms with E-state index in [0.29, 0.717) is 5.56 Å². The minimum atomic E-state index is -0.145. The maximum atomic E-state index is 12.0. The molecule has 0 saturated carbocycles. The second kappa shape index (κ2) is 8.68. The molecule has 6 heteroatoms. The van der Waals surface area contributed by atoms with Gasteiger partial charge < -0.3 is 16.0 Å². The molecule has 2 rings (SSSR count). The lowest BCUT2D eigenvalue weighted by Crippen LogP contribution is -2.30. The van der Waals surface area contributed by atoms with E-state index in [0.717, 1.165) is 14.9 Å². The van der Waals surface area contributed by atoms with Crippen LogP contribution in [0.3, 0.4) is 0 Å². The highest BCUT2D eigenvalue weighted by Crippen LogP contribution is 2.12. The van der Waals surface area contributed by atoms with Crippen LogP contribution in [0.1, 0.15) is 24.2 Å². The summed E-state index contributed by atoms with van der Waals surface area (Å²) >= 11 is 2.21. The number of carbonyl (C=O) groups excluding carboxylic acids is 2. The smallest absolute Gasteiger partial charge is 0.251 e. The number of benzene rings is 2. The summed E-state index contributed by atoms with van der Waals surface area (Å²) in [5, 5.41) is 8.69. The second-order valence-corrected chi connectivity index (χ2v) is 6.86. The Morgan fingerprint density at radius 3 is 2.42 bits per heavy atom. The van der Waals surface area contributed by atoms with Crippen molar-refractivity contribution in [3.05, 3.63) is 57.7 Å². The molecular weight excluding hydrogens is 417 g/mol. The summed E-state index contributed by atoms with van der Waals surface area (Å²) < 4.78 is 1.11. The van der Waals surface area contributed by atoms with Crippen molar-refractivity contribution in [1.82, 2.24) is 5.32 Å². The van der Waals surface area contributed by atoms with Crippen molar-refractivity contribution in [2.45, 2.75) is 19.9 Å². The maximum Gasteiger partial charge on any atom is 0.251 e. The number of hydrogen-bond donors (Lipinski definition) is 3. The van der Waals surface area contributed by atoms with E-state index >= 15 is 0 Å². The van der Waals surface area contributed by atoms with Crippen LogP contribution in [0.4, 0.5) is 11.4 Å². The van der Waals surface area contributed by atoms with Crippen molar-refractivity contribution in [3.8, 4) is 0 Å². The Labute approximate surface area is 155 Å². The van der Waals surface area contributed by atoms with Gasteiger partial charge in [-0.15, -0.1) is 0 Å². The first-order valence-electron chi connectivity index (χ1n) is 7.64. The van der Waals surface area contributed by atoms with Crippen molar-refractivity contribution >= 4 is 45.8 Å². The fourth-order valence-electron chi connectivity index (χ4n) is 2.04.